The van der Waals surface area contributed by atoms with Crippen LogP contribution in [0.25, 0.3) is 0 Å². The summed E-state index contributed by atoms with van der Waals surface area (Å²) >= 11 is 3.50. The first-order valence-electron chi connectivity index (χ1n) is 6.58. The molecule has 1 heterocycles. The van der Waals surface area contributed by atoms with Crippen LogP contribution in [0.15, 0.2) is 22.7 Å². The van der Waals surface area contributed by atoms with Gasteiger partial charge in [0, 0.05) is 22.6 Å². The SMILES string of the molecule is Cc1c(Br)cccc1C(=O)N1CCCC1C(C)C. The average Bonchev–Trinajstić information content (AvgIpc) is 2.81. The van der Waals surface area contributed by atoms with E-state index in [0.29, 0.717) is 12.0 Å². The predicted octanol–water partition coefficient (Wildman–Crippen LogP) is 4.02. The number of nitrogens with zero attached hydrogens (tertiary/aromatic N) is 1. The average molecular weight is 310 g/mol. The maximum absolute atomic E-state index is 12.6. The quantitative estimate of drug-likeness (QED) is 0.808. The smallest absolute Gasteiger partial charge is 0.254 e. The lowest BCUT2D eigenvalue weighted by Crippen LogP contribution is -2.38. The molecule has 0 aromatic heterocycles. The first-order valence-corrected chi connectivity index (χ1v) is 7.37. The minimum Gasteiger partial charge on any atom is -0.335 e. The normalized spacial score (nSPS) is 19.6. The van der Waals surface area contributed by atoms with E-state index in [1.807, 2.05) is 25.1 Å². The van der Waals surface area contributed by atoms with Crippen LogP contribution in [0.1, 0.15) is 42.6 Å². The number of benzene rings is 1. The zero-order chi connectivity index (χ0) is 13.3. The van der Waals surface area contributed by atoms with E-state index >= 15 is 0 Å². The Bertz CT molecular complexity index is 456. The minimum atomic E-state index is 0.185. The molecule has 0 saturated carbocycles. The fraction of sp³-hybridized carbons (Fsp3) is 0.533. The Labute approximate surface area is 117 Å². The number of carbonyl (C=O) groups excluding carboxylic acids is 1. The largest absolute Gasteiger partial charge is 0.335 e. The number of rotatable bonds is 2. The van der Waals surface area contributed by atoms with Gasteiger partial charge >= 0.3 is 0 Å². The van der Waals surface area contributed by atoms with E-state index in [0.717, 1.165) is 35.0 Å². The highest BCUT2D eigenvalue weighted by Gasteiger charge is 2.31. The molecule has 0 spiro atoms. The first kappa shape index (κ1) is 13.6. The van der Waals surface area contributed by atoms with Gasteiger partial charge < -0.3 is 4.90 Å². The van der Waals surface area contributed by atoms with Gasteiger partial charge in [-0.3, -0.25) is 4.79 Å². The highest BCUT2D eigenvalue weighted by atomic mass is 79.9. The van der Waals surface area contributed by atoms with Crippen molar-refractivity contribution in [3.05, 3.63) is 33.8 Å². The maximum atomic E-state index is 12.6. The summed E-state index contributed by atoms with van der Waals surface area (Å²) in [6, 6.07) is 6.25. The molecule has 0 aliphatic carbocycles. The van der Waals surface area contributed by atoms with Crippen LogP contribution in [0.3, 0.4) is 0 Å². The Kier molecular flexibility index (Phi) is 4.10. The van der Waals surface area contributed by atoms with Crippen molar-refractivity contribution in [3.63, 3.8) is 0 Å². The Hall–Kier alpha value is -0.830. The fourth-order valence-corrected chi connectivity index (χ4v) is 3.10. The molecule has 18 heavy (non-hydrogen) atoms. The molecule has 1 atom stereocenters. The van der Waals surface area contributed by atoms with Crippen LogP contribution >= 0.6 is 15.9 Å². The molecule has 1 aromatic carbocycles. The van der Waals surface area contributed by atoms with Gasteiger partial charge in [0.25, 0.3) is 5.91 Å². The molecule has 1 aliphatic rings. The van der Waals surface area contributed by atoms with Crippen LogP contribution in [-0.2, 0) is 0 Å². The number of halogens is 1. The minimum absolute atomic E-state index is 0.185. The summed E-state index contributed by atoms with van der Waals surface area (Å²) in [5, 5.41) is 0. The van der Waals surface area contributed by atoms with Gasteiger partial charge in [-0.15, -0.1) is 0 Å². The lowest BCUT2D eigenvalue weighted by Gasteiger charge is -2.28. The van der Waals surface area contributed by atoms with Crippen molar-refractivity contribution in [2.45, 2.75) is 39.7 Å². The molecule has 0 bridgehead atoms. The number of amides is 1. The second-order valence-electron chi connectivity index (χ2n) is 5.36. The summed E-state index contributed by atoms with van der Waals surface area (Å²) in [6.45, 7) is 7.29. The molecule has 2 nitrogen and oxygen atoms in total. The van der Waals surface area contributed by atoms with Crippen LogP contribution in [0, 0.1) is 12.8 Å². The topological polar surface area (TPSA) is 20.3 Å². The molecule has 1 aliphatic heterocycles. The summed E-state index contributed by atoms with van der Waals surface area (Å²) in [5.41, 5.74) is 1.87. The molecule has 1 saturated heterocycles. The lowest BCUT2D eigenvalue weighted by molar-refractivity contribution is 0.0700. The number of hydrogen-bond donors (Lipinski definition) is 0. The van der Waals surface area contributed by atoms with Crippen LogP contribution in [-0.4, -0.2) is 23.4 Å². The van der Waals surface area contributed by atoms with Crippen LogP contribution in [0.5, 0.6) is 0 Å². The summed E-state index contributed by atoms with van der Waals surface area (Å²) in [7, 11) is 0. The van der Waals surface area contributed by atoms with Crippen molar-refractivity contribution in [1.29, 1.82) is 0 Å². The standard InChI is InChI=1S/C15H20BrNO/c1-10(2)14-8-5-9-17(14)15(18)12-6-4-7-13(16)11(12)3/h4,6-7,10,14H,5,8-9H2,1-3H3. The molecule has 1 aromatic rings. The van der Waals surface area contributed by atoms with Crippen LogP contribution in [0.2, 0.25) is 0 Å². The molecule has 1 amide bonds. The lowest BCUT2D eigenvalue weighted by atomic mass is 10.0. The monoisotopic (exact) mass is 309 g/mol. The molecule has 98 valence electrons. The van der Waals surface area contributed by atoms with Crippen LogP contribution in [0.4, 0.5) is 0 Å². The fourth-order valence-electron chi connectivity index (χ4n) is 2.73. The third-order valence-electron chi connectivity index (χ3n) is 3.83. The zero-order valence-corrected chi connectivity index (χ0v) is 12.8. The van der Waals surface area contributed by atoms with E-state index in [2.05, 4.69) is 34.7 Å². The first-order chi connectivity index (χ1) is 8.52. The van der Waals surface area contributed by atoms with Crippen molar-refractivity contribution in [2.75, 3.05) is 6.54 Å². The highest BCUT2D eigenvalue weighted by molar-refractivity contribution is 9.10. The third kappa shape index (κ3) is 2.46. The molecule has 1 fully saturated rings. The number of carbonyl (C=O) groups is 1. The van der Waals surface area contributed by atoms with Gasteiger partial charge in [0.1, 0.15) is 0 Å². The molecule has 0 N–H and O–H groups in total. The summed E-state index contributed by atoms with van der Waals surface area (Å²) in [5.74, 6) is 0.717. The molecule has 0 radical (unpaired) electrons. The van der Waals surface area contributed by atoms with E-state index in [9.17, 15) is 4.79 Å². The van der Waals surface area contributed by atoms with E-state index in [-0.39, 0.29) is 5.91 Å². The van der Waals surface area contributed by atoms with Crippen molar-refractivity contribution in [2.24, 2.45) is 5.92 Å². The van der Waals surface area contributed by atoms with Gasteiger partial charge in [0.05, 0.1) is 0 Å². The Morgan fingerprint density at radius 1 is 1.44 bits per heavy atom. The summed E-state index contributed by atoms with van der Waals surface area (Å²) in [4.78, 5) is 14.7. The van der Waals surface area contributed by atoms with Crippen molar-refractivity contribution < 1.29 is 4.79 Å². The van der Waals surface area contributed by atoms with E-state index < -0.39 is 0 Å². The number of hydrogen-bond acceptors (Lipinski definition) is 1. The van der Waals surface area contributed by atoms with Gasteiger partial charge in [-0.1, -0.05) is 35.8 Å². The Balaban J connectivity index is 2.28. The van der Waals surface area contributed by atoms with Gasteiger partial charge in [0.2, 0.25) is 0 Å². The predicted molar refractivity (Wildman–Crippen MR) is 77.8 cm³/mol. The Morgan fingerprint density at radius 2 is 2.17 bits per heavy atom. The molecular formula is C15H20BrNO. The van der Waals surface area contributed by atoms with Crippen LogP contribution < -0.4 is 0 Å². The molecule has 2 rings (SSSR count). The number of likely N-dealkylation sites (tertiary alicyclic amines) is 1. The second-order valence-corrected chi connectivity index (χ2v) is 6.22. The van der Waals surface area contributed by atoms with Gasteiger partial charge in [-0.25, -0.2) is 0 Å². The van der Waals surface area contributed by atoms with E-state index in [1.165, 1.54) is 0 Å². The van der Waals surface area contributed by atoms with E-state index in [4.69, 9.17) is 0 Å². The summed E-state index contributed by atoms with van der Waals surface area (Å²) < 4.78 is 1.01. The van der Waals surface area contributed by atoms with Gasteiger partial charge in [-0.05, 0) is 43.4 Å². The zero-order valence-electron chi connectivity index (χ0n) is 11.2. The molecular weight excluding hydrogens is 290 g/mol. The Morgan fingerprint density at radius 3 is 2.83 bits per heavy atom. The summed E-state index contributed by atoms with van der Waals surface area (Å²) in [6.07, 6.45) is 2.26. The molecule has 1 unspecified atom stereocenters. The van der Waals surface area contributed by atoms with Gasteiger partial charge in [0.15, 0.2) is 0 Å². The van der Waals surface area contributed by atoms with Crippen molar-refractivity contribution >= 4 is 21.8 Å². The van der Waals surface area contributed by atoms with E-state index in [1.54, 1.807) is 0 Å². The third-order valence-corrected chi connectivity index (χ3v) is 4.69. The van der Waals surface area contributed by atoms with Crippen molar-refractivity contribution in [1.82, 2.24) is 4.90 Å². The van der Waals surface area contributed by atoms with Gasteiger partial charge in [-0.2, -0.15) is 0 Å². The highest BCUT2D eigenvalue weighted by Crippen LogP contribution is 2.28. The van der Waals surface area contributed by atoms with Crippen molar-refractivity contribution in [3.8, 4) is 0 Å². The maximum Gasteiger partial charge on any atom is 0.254 e. The molecule has 3 heteroatoms. The second kappa shape index (κ2) is 5.43.